The first-order valence-corrected chi connectivity index (χ1v) is 8.37. The van der Waals surface area contributed by atoms with E-state index in [1.807, 2.05) is 0 Å². The maximum atomic E-state index is 13.6. The molecule has 0 heterocycles. The van der Waals surface area contributed by atoms with E-state index < -0.39 is 30.4 Å². The molecule has 0 saturated heterocycles. The minimum Gasteiger partial charge on any atom is -0.493 e. The van der Waals surface area contributed by atoms with E-state index in [1.54, 1.807) is 6.07 Å². The molecule has 1 atom stereocenters. The summed E-state index contributed by atoms with van der Waals surface area (Å²) in [5.41, 5.74) is 0.415. The number of para-hydroxylation sites is 1. The van der Waals surface area contributed by atoms with Crippen molar-refractivity contribution in [1.29, 1.82) is 0 Å². The fourth-order valence-electron chi connectivity index (χ4n) is 2.21. The van der Waals surface area contributed by atoms with Crippen molar-refractivity contribution in [1.82, 2.24) is 0 Å². The second-order valence-corrected chi connectivity index (χ2v) is 5.67. The molecule has 2 aromatic carbocycles. The zero-order valence-electron chi connectivity index (χ0n) is 15.5. The Kier molecular flexibility index (Phi) is 7.64. The Balaban J connectivity index is 1.96. The van der Waals surface area contributed by atoms with Crippen molar-refractivity contribution < 1.29 is 37.0 Å². The van der Waals surface area contributed by atoms with E-state index in [2.05, 4.69) is 10.1 Å². The average Bonchev–Trinajstić information content (AvgIpc) is 2.68. The third kappa shape index (κ3) is 6.56. The van der Waals surface area contributed by atoms with Crippen LogP contribution in [0.3, 0.4) is 0 Å². The van der Waals surface area contributed by atoms with E-state index >= 15 is 0 Å². The van der Waals surface area contributed by atoms with Crippen LogP contribution in [0, 0.1) is 5.82 Å². The molecule has 0 aliphatic heterocycles. The lowest BCUT2D eigenvalue weighted by atomic mass is 10.2. The van der Waals surface area contributed by atoms with E-state index in [0.717, 1.165) is 6.08 Å². The van der Waals surface area contributed by atoms with Crippen LogP contribution in [0.2, 0.25) is 0 Å². The van der Waals surface area contributed by atoms with Crippen molar-refractivity contribution in [3.63, 3.8) is 0 Å². The fraction of sp³-hybridized carbons (Fsp3) is 0.200. The fourth-order valence-corrected chi connectivity index (χ4v) is 2.21. The monoisotopic (exact) mass is 409 g/mol. The van der Waals surface area contributed by atoms with Crippen LogP contribution >= 0.6 is 0 Å². The largest absolute Gasteiger partial charge is 0.493 e. The first kappa shape index (κ1) is 21.8. The first-order chi connectivity index (χ1) is 13.8. The molecule has 154 valence electrons. The lowest BCUT2D eigenvalue weighted by Gasteiger charge is -2.13. The van der Waals surface area contributed by atoms with Gasteiger partial charge in [0.1, 0.15) is 5.82 Å². The van der Waals surface area contributed by atoms with Crippen molar-refractivity contribution >= 4 is 23.6 Å². The number of benzene rings is 2. The number of carbonyl (C=O) groups is 2. The second-order valence-electron chi connectivity index (χ2n) is 5.67. The zero-order chi connectivity index (χ0) is 21.4. The summed E-state index contributed by atoms with van der Waals surface area (Å²) in [6.07, 6.45) is 1.22. The summed E-state index contributed by atoms with van der Waals surface area (Å²) in [7, 11) is 1.28. The number of hydrogen-bond donors (Lipinski definition) is 1. The molecule has 29 heavy (non-hydrogen) atoms. The molecule has 1 N–H and O–H groups in total. The molecule has 0 aliphatic carbocycles. The number of esters is 1. The van der Waals surface area contributed by atoms with Gasteiger partial charge in [-0.2, -0.15) is 8.78 Å². The smallest absolute Gasteiger partial charge is 0.387 e. The molecule has 0 unspecified atom stereocenters. The minimum atomic E-state index is -3.00. The molecule has 0 fully saturated rings. The molecular formula is C20H18F3NO5. The van der Waals surface area contributed by atoms with Crippen LogP contribution in [0.15, 0.2) is 48.5 Å². The van der Waals surface area contributed by atoms with E-state index in [-0.39, 0.29) is 17.2 Å². The molecule has 0 bridgehead atoms. The van der Waals surface area contributed by atoms with Crippen LogP contribution < -0.4 is 14.8 Å². The molecule has 9 heteroatoms. The van der Waals surface area contributed by atoms with Crippen LogP contribution in [0.25, 0.3) is 6.08 Å². The Morgan fingerprint density at radius 3 is 2.48 bits per heavy atom. The molecule has 0 saturated carbocycles. The lowest BCUT2D eigenvalue weighted by molar-refractivity contribution is -0.148. The average molecular weight is 409 g/mol. The third-order valence-corrected chi connectivity index (χ3v) is 3.61. The Hall–Kier alpha value is -3.49. The summed E-state index contributed by atoms with van der Waals surface area (Å²) in [6, 6.07) is 9.65. The van der Waals surface area contributed by atoms with Crippen LogP contribution in [-0.2, 0) is 14.3 Å². The van der Waals surface area contributed by atoms with Gasteiger partial charge in [0.15, 0.2) is 17.6 Å². The number of hydrogen-bond acceptors (Lipinski definition) is 5. The highest BCUT2D eigenvalue weighted by Crippen LogP contribution is 2.29. The number of anilines is 1. The molecule has 0 spiro atoms. The lowest BCUT2D eigenvalue weighted by Crippen LogP contribution is -2.29. The van der Waals surface area contributed by atoms with Gasteiger partial charge in [-0.05, 0) is 42.8 Å². The van der Waals surface area contributed by atoms with E-state index in [4.69, 9.17) is 9.47 Å². The van der Waals surface area contributed by atoms with Crippen molar-refractivity contribution in [3.8, 4) is 11.5 Å². The molecule has 0 aromatic heterocycles. The summed E-state index contributed by atoms with van der Waals surface area (Å²) in [6.45, 7) is -1.67. The normalized spacial score (nSPS) is 11.9. The number of amides is 1. The molecular weight excluding hydrogens is 391 g/mol. The Bertz CT molecular complexity index is 901. The van der Waals surface area contributed by atoms with Gasteiger partial charge in [0.05, 0.1) is 12.8 Å². The summed E-state index contributed by atoms with van der Waals surface area (Å²) in [4.78, 5) is 23.9. The number of alkyl halides is 2. The molecule has 6 nitrogen and oxygen atoms in total. The number of ether oxygens (including phenoxy) is 3. The predicted octanol–water partition coefficient (Wildman–Crippen LogP) is 4.02. The third-order valence-electron chi connectivity index (χ3n) is 3.61. The summed E-state index contributed by atoms with van der Waals surface area (Å²) < 4.78 is 52.4. The van der Waals surface area contributed by atoms with Gasteiger partial charge in [-0.15, -0.1) is 0 Å². The van der Waals surface area contributed by atoms with Crippen molar-refractivity contribution in [2.45, 2.75) is 19.6 Å². The van der Waals surface area contributed by atoms with Crippen LogP contribution in [0.1, 0.15) is 12.5 Å². The molecule has 1 amide bonds. The van der Waals surface area contributed by atoms with Crippen molar-refractivity contribution in [2.24, 2.45) is 0 Å². The SMILES string of the molecule is COc1cc(/C=C/C(=O)O[C@H](C)C(=O)Nc2ccccc2F)ccc1OC(F)F. The van der Waals surface area contributed by atoms with E-state index in [1.165, 1.54) is 56.5 Å². The van der Waals surface area contributed by atoms with Gasteiger partial charge in [0, 0.05) is 6.08 Å². The van der Waals surface area contributed by atoms with E-state index in [0.29, 0.717) is 5.56 Å². The van der Waals surface area contributed by atoms with Crippen molar-refractivity contribution in [2.75, 3.05) is 12.4 Å². The molecule has 2 rings (SSSR count). The Labute approximate surface area is 164 Å². The van der Waals surface area contributed by atoms with Gasteiger partial charge in [0.2, 0.25) is 0 Å². The second kappa shape index (κ2) is 10.2. The minimum absolute atomic E-state index is 0.0332. The van der Waals surface area contributed by atoms with Gasteiger partial charge in [-0.25, -0.2) is 9.18 Å². The van der Waals surface area contributed by atoms with Gasteiger partial charge >= 0.3 is 12.6 Å². The predicted molar refractivity (Wildman–Crippen MR) is 99.2 cm³/mol. The molecule has 0 aliphatic rings. The Morgan fingerprint density at radius 2 is 1.83 bits per heavy atom. The van der Waals surface area contributed by atoms with Gasteiger partial charge in [-0.3, -0.25) is 4.79 Å². The number of carbonyl (C=O) groups excluding carboxylic acids is 2. The summed E-state index contributed by atoms with van der Waals surface area (Å²) in [5.74, 6) is -2.24. The topological polar surface area (TPSA) is 73.9 Å². The first-order valence-electron chi connectivity index (χ1n) is 8.37. The van der Waals surface area contributed by atoms with Crippen LogP contribution in [0.4, 0.5) is 18.9 Å². The Morgan fingerprint density at radius 1 is 1.10 bits per heavy atom. The highest BCUT2D eigenvalue weighted by molar-refractivity contribution is 5.96. The van der Waals surface area contributed by atoms with Crippen LogP contribution in [-0.4, -0.2) is 31.7 Å². The number of methoxy groups -OCH3 is 1. The highest BCUT2D eigenvalue weighted by atomic mass is 19.3. The number of nitrogens with one attached hydrogen (secondary N) is 1. The molecule has 0 radical (unpaired) electrons. The zero-order valence-corrected chi connectivity index (χ0v) is 15.5. The quantitative estimate of drug-likeness (QED) is 0.527. The number of rotatable bonds is 8. The standard InChI is InChI=1S/C20H18F3NO5/c1-12(19(26)24-15-6-4-3-5-14(15)21)28-18(25)10-8-13-7-9-16(29-20(22)23)17(11-13)27-2/h3-12,20H,1-2H3,(H,24,26)/b10-8+/t12-/m1/s1. The van der Waals surface area contributed by atoms with Crippen molar-refractivity contribution in [3.05, 3.63) is 59.9 Å². The maximum Gasteiger partial charge on any atom is 0.387 e. The van der Waals surface area contributed by atoms with E-state index in [9.17, 15) is 22.8 Å². The van der Waals surface area contributed by atoms with Crippen LogP contribution in [0.5, 0.6) is 11.5 Å². The van der Waals surface area contributed by atoms with Gasteiger partial charge in [-0.1, -0.05) is 18.2 Å². The van der Waals surface area contributed by atoms with Gasteiger partial charge < -0.3 is 19.5 Å². The maximum absolute atomic E-state index is 13.6. The summed E-state index contributed by atoms with van der Waals surface area (Å²) >= 11 is 0. The molecule has 2 aromatic rings. The highest BCUT2D eigenvalue weighted by Gasteiger charge is 2.18. The van der Waals surface area contributed by atoms with Gasteiger partial charge in [0.25, 0.3) is 5.91 Å². The summed E-state index contributed by atoms with van der Waals surface area (Å²) in [5, 5.41) is 2.32. The number of halogens is 3.